The highest BCUT2D eigenvalue weighted by Gasteiger charge is 2.16. The van der Waals surface area contributed by atoms with E-state index in [4.69, 9.17) is 11.1 Å². The molecule has 0 saturated heterocycles. The molecule has 0 aromatic rings. The zero-order chi connectivity index (χ0) is 9.02. The number of nitrogens with two attached hydrogens (primary N) is 1. The molecule has 0 bridgehead atoms. The van der Waals surface area contributed by atoms with Gasteiger partial charge in [0, 0.05) is 6.04 Å². The maximum absolute atomic E-state index is 7.08. The predicted octanol–water partition coefficient (Wildman–Crippen LogP) is 1.15. The summed E-state index contributed by atoms with van der Waals surface area (Å²) in [6.07, 6.45) is 0. The Kier molecular flexibility index (Phi) is 3.93. The molecule has 0 radical (unpaired) electrons. The Bertz CT molecular complexity index is 121. The molecule has 11 heavy (non-hydrogen) atoms. The molecule has 0 heterocycles. The van der Waals surface area contributed by atoms with E-state index in [-0.39, 0.29) is 5.96 Å². The highest BCUT2D eigenvalue weighted by molar-refractivity contribution is 5.74. The van der Waals surface area contributed by atoms with Gasteiger partial charge in [0.2, 0.25) is 0 Å². The van der Waals surface area contributed by atoms with Crippen molar-refractivity contribution < 1.29 is 0 Å². The fraction of sp³-hybridized carbons (Fsp3) is 0.875. The molecule has 4 N–H and O–H groups in total. The molecule has 0 atom stereocenters. The van der Waals surface area contributed by atoms with E-state index in [9.17, 15) is 0 Å². The third-order valence-electron chi connectivity index (χ3n) is 1.76. The van der Waals surface area contributed by atoms with Crippen molar-refractivity contribution in [2.24, 2.45) is 17.6 Å². The van der Waals surface area contributed by atoms with Gasteiger partial charge < -0.3 is 11.1 Å². The zero-order valence-corrected chi connectivity index (χ0v) is 7.81. The van der Waals surface area contributed by atoms with E-state index in [1.807, 2.05) is 0 Å². The first-order valence-electron chi connectivity index (χ1n) is 4.05. The SMILES string of the molecule is CC(C)C(NC(=N)N)C(C)C. The van der Waals surface area contributed by atoms with Crippen LogP contribution < -0.4 is 11.1 Å². The van der Waals surface area contributed by atoms with Gasteiger partial charge in [-0.1, -0.05) is 27.7 Å². The van der Waals surface area contributed by atoms with Crippen LogP contribution >= 0.6 is 0 Å². The Morgan fingerprint density at radius 2 is 1.55 bits per heavy atom. The fourth-order valence-electron chi connectivity index (χ4n) is 1.28. The molecule has 0 aliphatic rings. The van der Waals surface area contributed by atoms with Crippen LogP contribution in [-0.4, -0.2) is 12.0 Å². The van der Waals surface area contributed by atoms with Crippen LogP contribution in [0.1, 0.15) is 27.7 Å². The quantitative estimate of drug-likeness (QED) is 0.425. The van der Waals surface area contributed by atoms with E-state index < -0.39 is 0 Å². The molecule has 0 aliphatic heterocycles. The summed E-state index contributed by atoms with van der Waals surface area (Å²) in [5.41, 5.74) is 5.24. The van der Waals surface area contributed by atoms with Crippen molar-refractivity contribution in [3.8, 4) is 0 Å². The Morgan fingerprint density at radius 3 is 1.64 bits per heavy atom. The van der Waals surface area contributed by atoms with E-state index in [0.29, 0.717) is 17.9 Å². The van der Waals surface area contributed by atoms with Gasteiger partial charge in [-0.15, -0.1) is 0 Å². The van der Waals surface area contributed by atoms with Gasteiger partial charge in [-0.2, -0.15) is 0 Å². The van der Waals surface area contributed by atoms with E-state index >= 15 is 0 Å². The summed E-state index contributed by atoms with van der Waals surface area (Å²) in [5, 5.41) is 10.0. The van der Waals surface area contributed by atoms with Gasteiger partial charge in [0.25, 0.3) is 0 Å². The number of hydrogen-bond acceptors (Lipinski definition) is 1. The maximum atomic E-state index is 7.08. The molecule has 3 nitrogen and oxygen atoms in total. The lowest BCUT2D eigenvalue weighted by molar-refractivity contribution is 0.353. The minimum Gasteiger partial charge on any atom is -0.370 e. The molecule has 0 fully saturated rings. The minimum absolute atomic E-state index is 0.0670. The molecule has 0 spiro atoms. The summed E-state index contributed by atoms with van der Waals surface area (Å²) in [4.78, 5) is 0. The Hall–Kier alpha value is -0.730. The average molecular weight is 157 g/mol. The molecule has 0 unspecified atom stereocenters. The van der Waals surface area contributed by atoms with E-state index in [1.54, 1.807) is 0 Å². The molecular formula is C8H19N3. The summed E-state index contributed by atoms with van der Waals surface area (Å²) in [6.45, 7) is 8.50. The van der Waals surface area contributed by atoms with Crippen molar-refractivity contribution in [3.63, 3.8) is 0 Å². The number of rotatable bonds is 3. The van der Waals surface area contributed by atoms with Crippen LogP contribution in [0.25, 0.3) is 0 Å². The molecule has 0 aliphatic carbocycles. The highest BCUT2D eigenvalue weighted by Crippen LogP contribution is 2.10. The van der Waals surface area contributed by atoms with Crippen LogP contribution in [-0.2, 0) is 0 Å². The lowest BCUT2D eigenvalue weighted by Gasteiger charge is -2.25. The third-order valence-corrected chi connectivity index (χ3v) is 1.76. The first-order valence-corrected chi connectivity index (χ1v) is 4.05. The second-order valence-electron chi connectivity index (χ2n) is 3.57. The van der Waals surface area contributed by atoms with Gasteiger partial charge in [0.1, 0.15) is 0 Å². The van der Waals surface area contributed by atoms with Crippen LogP contribution in [0.4, 0.5) is 0 Å². The normalized spacial score (nSPS) is 11.2. The summed E-state index contributed by atoms with van der Waals surface area (Å²) in [6, 6.07) is 0.312. The molecule has 0 amide bonds. The van der Waals surface area contributed by atoms with Crippen molar-refractivity contribution >= 4 is 5.96 Å². The van der Waals surface area contributed by atoms with Crippen molar-refractivity contribution in [1.29, 1.82) is 5.41 Å². The van der Waals surface area contributed by atoms with Crippen molar-refractivity contribution in [1.82, 2.24) is 5.32 Å². The second kappa shape index (κ2) is 4.21. The molecular weight excluding hydrogens is 138 g/mol. The van der Waals surface area contributed by atoms with Crippen molar-refractivity contribution in [2.75, 3.05) is 0 Å². The molecule has 0 aromatic heterocycles. The van der Waals surface area contributed by atoms with Crippen LogP contribution in [0, 0.1) is 17.2 Å². The smallest absolute Gasteiger partial charge is 0.185 e. The first-order chi connectivity index (χ1) is 4.95. The Morgan fingerprint density at radius 1 is 1.18 bits per heavy atom. The predicted molar refractivity (Wildman–Crippen MR) is 48.5 cm³/mol. The molecule has 0 saturated carbocycles. The van der Waals surface area contributed by atoms with Gasteiger partial charge in [-0.25, -0.2) is 0 Å². The standard InChI is InChI=1S/C8H19N3/c1-5(2)7(6(3)4)11-8(9)10/h5-7H,1-4H3,(H4,9,10,11). The average Bonchev–Trinajstić information content (AvgIpc) is 1.81. The largest absolute Gasteiger partial charge is 0.370 e. The minimum atomic E-state index is 0.0670. The van der Waals surface area contributed by atoms with E-state index in [0.717, 1.165) is 0 Å². The van der Waals surface area contributed by atoms with Crippen LogP contribution in [0.3, 0.4) is 0 Å². The van der Waals surface area contributed by atoms with Gasteiger partial charge in [-0.05, 0) is 11.8 Å². The van der Waals surface area contributed by atoms with Crippen LogP contribution in [0.15, 0.2) is 0 Å². The number of guanidine groups is 1. The number of nitrogens with one attached hydrogen (secondary N) is 2. The lowest BCUT2D eigenvalue weighted by Crippen LogP contribution is -2.45. The third kappa shape index (κ3) is 3.86. The van der Waals surface area contributed by atoms with Crippen molar-refractivity contribution in [3.05, 3.63) is 0 Å². The number of hydrogen-bond donors (Lipinski definition) is 3. The summed E-state index contributed by atoms with van der Waals surface area (Å²) in [5.74, 6) is 1.09. The summed E-state index contributed by atoms with van der Waals surface area (Å²) < 4.78 is 0. The Labute approximate surface area is 68.9 Å². The van der Waals surface area contributed by atoms with E-state index in [1.165, 1.54) is 0 Å². The zero-order valence-electron chi connectivity index (χ0n) is 7.81. The molecule has 0 rings (SSSR count). The molecule has 0 aromatic carbocycles. The summed E-state index contributed by atoms with van der Waals surface area (Å²) >= 11 is 0. The Balaban J connectivity index is 4.00. The first kappa shape index (κ1) is 10.3. The molecule has 3 heteroatoms. The molecule has 66 valence electrons. The van der Waals surface area contributed by atoms with E-state index in [2.05, 4.69) is 33.0 Å². The van der Waals surface area contributed by atoms with Crippen LogP contribution in [0.2, 0.25) is 0 Å². The van der Waals surface area contributed by atoms with Gasteiger partial charge in [0.05, 0.1) is 0 Å². The summed E-state index contributed by atoms with van der Waals surface area (Å²) in [7, 11) is 0. The monoisotopic (exact) mass is 157 g/mol. The fourth-order valence-corrected chi connectivity index (χ4v) is 1.28. The van der Waals surface area contributed by atoms with Crippen molar-refractivity contribution in [2.45, 2.75) is 33.7 Å². The second-order valence-corrected chi connectivity index (χ2v) is 3.57. The van der Waals surface area contributed by atoms with Gasteiger partial charge in [-0.3, -0.25) is 5.41 Å². The van der Waals surface area contributed by atoms with Crippen LogP contribution in [0.5, 0.6) is 0 Å². The lowest BCUT2D eigenvalue weighted by atomic mass is 9.93. The van der Waals surface area contributed by atoms with Gasteiger partial charge >= 0.3 is 0 Å². The highest BCUT2D eigenvalue weighted by atomic mass is 15.1. The van der Waals surface area contributed by atoms with Gasteiger partial charge in [0.15, 0.2) is 5.96 Å². The maximum Gasteiger partial charge on any atom is 0.185 e. The topological polar surface area (TPSA) is 61.9 Å².